The van der Waals surface area contributed by atoms with Gasteiger partial charge in [-0.15, -0.1) is 11.3 Å². The Balaban J connectivity index is 1.33. The van der Waals surface area contributed by atoms with Crippen molar-refractivity contribution in [2.45, 2.75) is 64.7 Å². The van der Waals surface area contributed by atoms with Crippen molar-refractivity contribution in [1.29, 1.82) is 0 Å². The molecule has 5 unspecified atom stereocenters. The number of amides is 1. The van der Waals surface area contributed by atoms with Crippen LogP contribution in [0.15, 0.2) is 36.5 Å². The molecule has 5 heteroatoms. The summed E-state index contributed by atoms with van der Waals surface area (Å²) in [6.45, 7) is 9.00. The molecular formula is C27H34N2O2S. The normalized spacial score (nSPS) is 30.9. The average molecular weight is 451 g/mol. The molecule has 2 fully saturated rings. The number of nitrogens with one attached hydrogen (secondary N) is 1. The highest BCUT2D eigenvalue weighted by atomic mass is 32.1. The van der Waals surface area contributed by atoms with E-state index in [0.29, 0.717) is 35.2 Å². The van der Waals surface area contributed by atoms with Crippen molar-refractivity contribution < 1.29 is 9.53 Å². The summed E-state index contributed by atoms with van der Waals surface area (Å²) in [7, 11) is 1.75. The van der Waals surface area contributed by atoms with Gasteiger partial charge in [-0.3, -0.25) is 4.79 Å². The van der Waals surface area contributed by atoms with E-state index in [4.69, 9.17) is 4.74 Å². The number of benzene rings is 1. The van der Waals surface area contributed by atoms with Crippen LogP contribution in [0, 0.1) is 30.1 Å². The number of thiazole rings is 1. The van der Waals surface area contributed by atoms with Gasteiger partial charge in [0.05, 0.1) is 7.11 Å². The number of carbonyl (C=O) groups excluding carboxylic acids is 1. The molecule has 2 saturated carbocycles. The molecule has 170 valence electrons. The number of fused-ring (bicyclic) bond motifs is 5. The third-order valence-corrected chi connectivity index (χ3v) is 9.45. The van der Waals surface area contributed by atoms with Gasteiger partial charge in [0.2, 0.25) is 5.91 Å². The summed E-state index contributed by atoms with van der Waals surface area (Å²) in [6, 6.07) is 6.69. The van der Waals surface area contributed by atoms with Crippen molar-refractivity contribution >= 4 is 22.4 Å². The topological polar surface area (TPSA) is 51.2 Å². The molecule has 0 radical (unpaired) electrons. The van der Waals surface area contributed by atoms with Crippen LogP contribution in [0.3, 0.4) is 0 Å². The molecule has 0 bridgehead atoms. The van der Waals surface area contributed by atoms with Gasteiger partial charge in [-0.25, -0.2) is 4.98 Å². The molecule has 32 heavy (non-hydrogen) atoms. The highest BCUT2D eigenvalue weighted by Crippen LogP contribution is 2.65. The highest BCUT2D eigenvalue weighted by Gasteiger charge is 2.55. The Hall–Kier alpha value is -2.14. The Bertz CT molecular complexity index is 1040. The molecular weight excluding hydrogens is 416 g/mol. The third-order valence-electron chi connectivity index (χ3n) is 8.62. The van der Waals surface area contributed by atoms with E-state index in [2.05, 4.69) is 42.0 Å². The quantitative estimate of drug-likeness (QED) is 0.528. The van der Waals surface area contributed by atoms with Gasteiger partial charge in [0.1, 0.15) is 5.75 Å². The molecule has 0 saturated heterocycles. The second-order valence-corrected chi connectivity index (χ2v) is 11.5. The molecule has 0 aliphatic heterocycles. The average Bonchev–Trinajstić information content (AvgIpc) is 3.31. The van der Waals surface area contributed by atoms with Crippen molar-refractivity contribution in [2.75, 3.05) is 12.4 Å². The number of ether oxygens (including phenoxy) is 1. The lowest BCUT2D eigenvalue weighted by Gasteiger charge is -2.51. The first-order valence-corrected chi connectivity index (χ1v) is 12.8. The molecule has 2 aromatic rings. The van der Waals surface area contributed by atoms with Crippen LogP contribution in [0.4, 0.5) is 5.13 Å². The van der Waals surface area contributed by atoms with Gasteiger partial charge in [-0.05, 0) is 97.8 Å². The van der Waals surface area contributed by atoms with E-state index < -0.39 is 0 Å². The summed E-state index contributed by atoms with van der Waals surface area (Å²) in [5.41, 5.74) is 4.65. The number of allylic oxidation sites excluding steroid dienone is 1. The lowest BCUT2D eigenvalue weighted by Crippen LogP contribution is -2.42. The van der Waals surface area contributed by atoms with Crippen LogP contribution in [0.2, 0.25) is 0 Å². The number of rotatable bonds is 5. The van der Waals surface area contributed by atoms with Gasteiger partial charge in [-0.2, -0.15) is 0 Å². The van der Waals surface area contributed by atoms with Crippen molar-refractivity contribution in [2.24, 2.45) is 23.2 Å². The van der Waals surface area contributed by atoms with Crippen LogP contribution in [-0.4, -0.2) is 18.0 Å². The smallest absolute Gasteiger partial charge is 0.226 e. The Kier molecular flexibility index (Phi) is 5.65. The van der Waals surface area contributed by atoms with Crippen LogP contribution >= 0.6 is 11.3 Å². The summed E-state index contributed by atoms with van der Waals surface area (Å²) >= 11 is 1.54. The first kappa shape index (κ1) is 21.7. The predicted molar refractivity (Wildman–Crippen MR) is 130 cm³/mol. The second kappa shape index (κ2) is 8.33. The predicted octanol–water partition coefficient (Wildman–Crippen LogP) is 6.52. The molecule has 1 amide bonds. The standard InChI is InChI=1S/C27H34N2O2S/c1-16-13-19(6-10-24(30)29-26-28-15-17(2)32-26)25-23-8-5-18-14-20(31-4)7-9-21(18)22(23)11-12-27(16,25)3/h7,9,14-15,19,22-23,25H,1,5-6,8,10-13H2,2-4H3,(H,28,29,30). The van der Waals surface area contributed by atoms with Crippen molar-refractivity contribution in [1.82, 2.24) is 4.98 Å². The highest BCUT2D eigenvalue weighted by molar-refractivity contribution is 7.15. The number of aryl methyl sites for hydroxylation is 2. The van der Waals surface area contributed by atoms with Gasteiger partial charge in [0.15, 0.2) is 5.13 Å². The lowest BCUT2D eigenvalue weighted by atomic mass is 9.53. The van der Waals surface area contributed by atoms with Crippen LogP contribution in [0.5, 0.6) is 5.75 Å². The molecule has 0 spiro atoms. The van der Waals surface area contributed by atoms with Gasteiger partial charge < -0.3 is 10.1 Å². The molecule has 1 heterocycles. The van der Waals surface area contributed by atoms with E-state index in [0.717, 1.165) is 29.9 Å². The zero-order valence-electron chi connectivity index (χ0n) is 19.4. The van der Waals surface area contributed by atoms with E-state index >= 15 is 0 Å². The zero-order chi connectivity index (χ0) is 22.5. The fraction of sp³-hybridized carbons (Fsp3) is 0.556. The van der Waals surface area contributed by atoms with Crippen LogP contribution in [0.1, 0.15) is 67.4 Å². The molecule has 3 aliphatic carbocycles. The lowest BCUT2D eigenvalue weighted by molar-refractivity contribution is -0.116. The summed E-state index contributed by atoms with van der Waals surface area (Å²) < 4.78 is 5.48. The Morgan fingerprint density at radius 3 is 2.97 bits per heavy atom. The Morgan fingerprint density at radius 1 is 1.38 bits per heavy atom. The molecule has 1 N–H and O–H groups in total. The molecule has 1 aromatic heterocycles. The molecule has 5 atom stereocenters. The van der Waals surface area contributed by atoms with E-state index in [9.17, 15) is 4.79 Å². The molecule has 5 rings (SSSR count). The number of aromatic nitrogens is 1. The van der Waals surface area contributed by atoms with Gasteiger partial charge in [-0.1, -0.05) is 25.1 Å². The van der Waals surface area contributed by atoms with E-state index in [1.54, 1.807) is 7.11 Å². The number of nitrogens with zero attached hydrogens (tertiary/aromatic N) is 1. The minimum atomic E-state index is 0.0898. The molecule has 4 nitrogen and oxygen atoms in total. The largest absolute Gasteiger partial charge is 0.497 e. The van der Waals surface area contributed by atoms with Crippen molar-refractivity contribution in [3.05, 3.63) is 52.6 Å². The number of anilines is 1. The first-order valence-electron chi connectivity index (χ1n) is 12.0. The maximum absolute atomic E-state index is 12.6. The SMILES string of the molecule is C=C1CC(CCC(=O)Nc2ncc(C)s2)C2C3CCc4cc(OC)ccc4C3CCC12C. The van der Waals surface area contributed by atoms with Crippen molar-refractivity contribution in [3.63, 3.8) is 0 Å². The van der Waals surface area contributed by atoms with E-state index in [1.165, 1.54) is 47.3 Å². The minimum absolute atomic E-state index is 0.0898. The van der Waals surface area contributed by atoms with Crippen molar-refractivity contribution in [3.8, 4) is 5.75 Å². The maximum atomic E-state index is 12.6. The van der Waals surface area contributed by atoms with Crippen LogP contribution < -0.4 is 10.1 Å². The third kappa shape index (κ3) is 3.68. The fourth-order valence-electron chi connectivity index (χ4n) is 7.09. The minimum Gasteiger partial charge on any atom is -0.497 e. The zero-order valence-corrected chi connectivity index (χ0v) is 20.3. The van der Waals surface area contributed by atoms with E-state index in [-0.39, 0.29) is 11.3 Å². The molecule has 3 aliphatic rings. The Labute approximate surface area is 195 Å². The van der Waals surface area contributed by atoms with Crippen LogP contribution in [-0.2, 0) is 11.2 Å². The van der Waals surface area contributed by atoms with Gasteiger partial charge in [0.25, 0.3) is 0 Å². The number of hydrogen-bond donors (Lipinski definition) is 1. The summed E-state index contributed by atoms with van der Waals surface area (Å²) in [5, 5.41) is 3.71. The number of methoxy groups -OCH3 is 1. The number of hydrogen-bond acceptors (Lipinski definition) is 4. The first-order chi connectivity index (χ1) is 15.4. The van der Waals surface area contributed by atoms with Gasteiger partial charge >= 0.3 is 0 Å². The van der Waals surface area contributed by atoms with Crippen LogP contribution in [0.25, 0.3) is 0 Å². The van der Waals surface area contributed by atoms with E-state index in [1.807, 2.05) is 13.1 Å². The van der Waals surface area contributed by atoms with Gasteiger partial charge in [0, 0.05) is 17.5 Å². The molecule has 1 aromatic carbocycles. The summed E-state index contributed by atoms with van der Waals surface area (Å²) in [6.07, 6.45) is 9.21. The maximum Gasteiger partial charge on any atom is 0.226 e. The summed E-state index contributed by atoms with van der Waals surface area (Å²) in [4.78, 5) is 18.0. The summed E-state index contributed by atoms with van der Waals surface area (Å²) in [5.74, 6) is 3.54. The monoisotopic (exact) mass is 450 g/mol. The second-order valence-electron chi connectivity index (χ2n) is 10.3. The Morgan fingerprint density at radius 2 is 2.22 bits per heavy atom. The fourth-order valence-corrected chi connectivity index (χ4v) is 7.77. The number of carbonyl (C=O) groups is 1.